The van der Waals surface area contributed by atoms with E-state index in [4.69, 9.17) is 14.2 Å². The van der Waals surface area contributed by atoms with Crippen molar-refractivity contribution in [3.63, 3.8) is 0 Å². The maximum Gasteiger partial charge on any atom is 0.348 e. The Balaban J connectivity index is 2.54. The predicted molar refractivity (Wildman–Crippen MR) is 67.8 cm³/mol. The number of cyclic esters (lactones) is 1. The number of methoxy groups -OCH3 is 2. The first-order valence-corrected chi connectivity index (χ1v) is 5.90. The van der Waals surface area contributed by atoms with Crippen LogP contribution in [0.25, 0.3) is 5.76 Å². The lowest BCUT2D eigenvalue weighted by Gasteiger charge is -2.09. The van der Waals surface area contributed by atoms with Gasteiger partial charge in [-0.2, -0.15) is 0 Å². The van der Waals surface area contributed by atoms with Crippen molar-refractivity contribution in [3.8, 4) is 11.5 Å². The summed E-state index contributed by atoms with van der Waals surface area (Å²) in [6.07, 6.45) is 3.80. The molecule has 1 aliphatic rings. The van der Waals surface area contributed by atoms with Crippen LogP contribution in [-0.4, -0.2) is 20.2 Å². The van der Waals surface area contributed by atoms with Gasteiger partial charge in [-0.05, 0) is 24.6 Å². The molecule has 1 aliphatic heterocycles. The van der Waals surface area contributed by atoms with Crippen molar-refractivity contribution in [1.29, 1.82) is 0 Å². The SMILES string of the molecule is CCC/C=C1\OC(=O)c2c1ccc(OC)c2OC. The maximum absolute atomic E-state index is 11.9. The normalized spacial score (nSPS) is 15.5. The largest absolute Gasteiger partial charge is 0.493 e. The summed E-state index contributed by atoms with van der Waals surface area (Å²) in [6, 6.07) is 3.60. The fraction of sp³-hybridized carbons (Fsp3) is 0.357. The van der Waals surface area contributed by atoms with E-state index in [-0.39, 0.29) is 5.97 Å². The molecule has 0 spiro atoms. The lowest BCUT2D eigenvalue weighted by atomic mass is 10.1. The summed E-state index contributed by atoms with van der Waals surface area (Å²) in [7, 11) is 3.05. The first-order chi connectivity index (χ1) is 8.72. The van der Waals surface area contributed by atoms with Crippen molar-refractivity contribution in [3.05, 3.63) is 29.3 Å². The third-order valence-electron chi connectivity index (χ3n) is 2.84. The molecule has 0 aliphatic carbocycles. The smallest absolute Gasteiger partial charge is 0.348 e. The zero-order chi connectivity index (χ0) is 13.1. The van der Waals surface area contributed by atoms with Gasteiger partial charge >= 0.3 is 5.97 Å². The van der Waals surface area contributed by atoms with Crippen molar-refractivity contribution >= 4 is 11.7 Å². The molecule has 0 radical (unpaired) electrons. The van der Waals surface area contributed by atoms with E-state index in [0.717, 1.165) is 18.4 Å². The maximum atomic E-state index is 11.9. The minimum absolute atomic E-state index is 0.386. The Kier molecular flexibility index (Phi) is 3.55. The van der Waals surface area contributed by atoms with Gasteiger partial charge in [0.05, 0.1) is 14.2 Å². The first kappa shape index (κ1) is 12.5. The molecule has 0 N–H and O–H groups in total. The van der Waals surface area contributed by atoms with E-state index >= 15 is 0 Å². The summed E-state index contributed by atoms with van der Waals surface area (Å²) in [5.41, 5.74) is 1.21. The minimum Gasteiger partial charge on any atom is -0.493 e. The van der Waals surface area contributed by atoms with Gasteiger partial charge in [0, 0.05) is 5.56 Å². The molecule has 0 atom stereocenters. The minimum atomic E-state index is -0.386. The highest BCUT2D eigenvalue weighted by molar-refractivity contribution is 6.06. The van der Waals surface area contributed by atoms with Gasteiger partial charge in [0.2, 0.25) is 0 Å². The van der Waals surface area contributed by atoms with E-state index in [9.17, 15) is 4.79 Å². The molecular formula is C14H16O4. The summed E-state index contributed by atoms with van der Waals surface area (Å²) in [4.78, 5) is 11.9. The Labute approximate surface area is 106 Å². The van der Waals surface area contributed by atoms with E-state index in [1.54, 1.807) is 13.2 Å². The number of fused-ring (bicyclic) bond motifs is 1. The number of hydrogen-bond acceptors (Lipinski definition) is 4. The van der Waals surface area contributed by atoms with Gasteiger partial charge in [-0.15, -0.1) is 0 Å². The summed E-state index contributed by atoms with van der Waals surface area (Å²) in [6.45, 7) is 2.07. The Morgan fingerprint density at radius 3 is 2.67 bits per heavy atom. The second-order valence-corrected chi connectivity index (χ2v) is 3.97. The number of rotatable bonds is 4. The highest BCUT2D eigenvalue weighted by Crippen LogP contribution is 2.41. The zero-order valence-electron chi connectivity index (χ0n) is 10.8. The molecule has 0 saturated carbocycles. The number of allylic oxidation sites excluding steroid dienone is 1. The van der Waals surface area contributed by atoms with Crippen LogP contribution in [0.5, 0.6) is 11.5 Å². The summed E-state index contributed by atoms with van der Waals surface area (Å²) in [5.74, 6) is 1.19. The lowest BCUT2D eigenvalue weighted by Crippen LogP contribution is -2.00. The topological polar surface area (TPSA) is 44.8 Å². The number of hydrogen-bond donors (Lipinski definition) is 0. The van der Waals surface area contributed by atoms with Crippen LogP contribution < -0.4 is 9.47 Å². The Morgan fingerprint density at radius 1 is 1.28 bits per heavy atom. The fourth-order valence-corrected chi connectivity index (χ4v) is 1.97. The third-order valence-corrected chi connectivity index (χ3v) is 2.84. The Hall–Kier alpha value is -1.97. The van der Waals surface area contributed by atoms with Gasteiger partial charge in [-0.25, -0.2) is 4.79 Å². The average Bonchev–Trinajstić information content (AvgIpc) is 2.72. The second-order valence-electron chi connectivity index (χ2n) is 3.97. The highest BCUT2D eigenvalue weighted by atomic mass is 16.5. The van der Waals surface area contributed by atoms with E-state index < -0.39 is 0 Å². The monoisotopic (exact) mass is 248 g/mol. The molecule has 2 rings (SSSR count). The fourth-order valence-electron chi connectivity index (χ4n) is 1.97. The van der Waals surface area contributed by atoms with Crippen LogP contribution in [0.2, 0.25) is 0 Å². The predicted octanol–water partition coefficient (Wildman–Crippen LogP) is 3.02. The van der Waals surface area contributed by atoms with E-state index in [1.807, 2.05) is 12.1 Å². The van der Waals surface area contributed by atoms with Gasteiger partial charge in [0.25, 0.3) is 0 Å². The molecule has 0 unspecified atom stereocenters. The van der Waals surface area contributed by atoms with Gasteiger partial charge in [-0.1, -0.05) is 13.3 Å². The molecule has 1 aromatic rings. The summed E-state index contributed by atoms with van der Waals surface area (Å²) in [5, 5.41) is 0. The number of esters is 1. The zero-order valence-corrected chi connectivity index (χ0v) is 10.8. The third kappa shape index (κ3) is 1.94. The van der Waals surface area contributed by atoms with Crippen molar-refractivity contribution in [2.24, 2.45) is 0 Å². The molecule has 4 heteroatoms. The van der Waals surface area contributed by atoms with Gasteiger partial charge < -0.3 is 14.2 Å². The molecule has 96 valence electrons. The van der Waals surface area contributed by atoms with Crippen molar-refractivity contribution < 1.29 is 19.0 Å². The van der Waals surface area contributed by atoms with Crippen LogP contribution in [0.1, 0.15) is 35.7 Å². The molecule has 4 nitrogen and oxygen atoms in total. The van der Waals surface area contributed by atoms with E-state index in [2.05, 4.69) is 6.92 Å². The first-order valence-electron chi connectivity index (χ1n) is 5.90. The molecule has 0 bridgehead atoms. The van der Waals surface area contributed by atoms with E-state index in [0.29, 0.717) is 22.8 Å². The standard InChI is InChI=1S/C14H16O4/c1-4-5-6-10-9-7-8-11(16-2)13(17-3)12(9)14(15)18-10/h6-8H,4-5H2,1-3H3/b10-6-. The lowest BCUT2D eigenvalue weighted by molar-refractivity contribution is 0.0712. The molecule has 18 heavy (non-hydrogen) atoms. The summed E-state index contributed by atoms with van der Waals surface area (Å²) >= 11 is 0. The number of unbranched alkanes of at least 4 members (excludes halogenated alkanes) is 1. The van der Waals surface area contributed by atoms with Gasteiger partial charge in [0.1, 0.15) is 11.3 Å². The van der Waals surface area contributed by atoms with Crippen LogP contribution >= 0.6 is 0 Å². The molecule has 0 saturated heterocycles. The van der Waals surface area contributed by atoms with Crippen LogP contribution in [0.4, 0.5) is 0 Å². The van der Waals surface area contributed by atoms with Crippen LogP contribution in [0.3, 0.4) is 0 Å². The Morgan fingerprint density at radius 2 is 2.06 bits per heavy atom. The van der Waals surface area contributed by atoms with Crippen LogP contribution in [-0.2, 0) is 4.74 Å². The Bertz CT molecular complexity index is 503. The van der Waals surface area contributed by atoms with Crippen LogP contribution in [0, 0.1) is 0 Å². The number of ether oxygens (including phenoxy) is 3. The average molecular weight is 248 g/mol. The van der Waals surface area contributed by atoms with Gasteiger partial charge in [-0.3, -0.25) is 0 Å². The van der Waals surface area contributed by atoms with Crippen LogP contribution in [0.15, 0.2) is 18.2 Å². The molecule has 1 aromatic carbocycles. The van der Waals surface area contributed by atoms with E-state index in [1.165, 1.54) is 7.11 Å². The quantitative estimate of drug-likeness (QED) is 0.768. The van der Waals surface area contributed by atoms with Crippen molar-refractivity contribution in [2.45, 2.75) is 19.8 Å². The summed E-state index contributed by atoms with van der Waals surface area (Å²) < 4.78 is 15.7. The highest BCUT2D eigenvalue weighted by Gasteiger charge is 2.32. The van der Waals surface area contributed by atoms with Crippen molar-refractivity contribution in [1.82, 2.24) is 0 Å². The molecule has 1 heterocycles. The second kappa shape index (κ2) is 5.12. The molecule has 0 amide bonds. The van der Waals surface area contributed by atoms with Gasteiger partial charge in [0.15, 0.2) is 11.5 Å². The number of carbonyl (C=O) groups excluding carboxylic acids is 1. The number of carbonyl (C=O) groups is 1. The molecular weight excluding hydrogens is 232 g/mol. The molecule has 0 aromatic heterocycles. The van der Waals surface area contributed by atoms with Crippen molar-refractivity contribution in [2.75, 3.05) is 14.2 Å². The number of benzene rings is 1. The molecule has 0 fully saturated rings.